The largest absolute Gasteiger partial charge is 0.450 e. The summed E-state index contributed by atoms with van der Waals surface area (Å²) in [7, 11) is 0. The van der Waals surface area contributed by atoms with Crippen molar-refractivity contribution >= 4 is 44.7 Å². The summed E-state index contributed by atoms with van der Waals surface area (Å²) < 4.78 is 5.98. The van der Waals surface area contributed by atoms with Gasteiger partial charge in [-0.1, -0.05) is 0 Å². The fourth-order valence-electron chi connectivity index (χ4n) is 1.75. The van der Waals surface area contributed by atoms with Crippen LogP contribution in [0.2, 0.25) is 0 Å². The molecular weight excluding hydrogens is 352 g/mol. The van der Waals surface area contributed by atoms with Crippen LogP contribution in [0.15, 0.2) is 34.8 Å². The monoisotopic (exact) mass is 368 g/mol. The molecule has 0 aliphatic heterocycles. The molecule has 0 radical (unpaired) electrons. The van der Waals surface area contributed by atoms with E-state index >= 15 is 0 Å². The standard InChI is InChI=1S/C15H17BrN2O2S/c1-3-20-15(19)18-12-6-4-11(5-7-12)17-9-13-8-14(16)10(2)21-13/h4-8,17H,3,9H2,1-2H3,(H,18,19). The highest BCUT2D eigenvalue weighted by Crippen LogP contribution is 2.27. The lowest BCUT2D eigenvalue weighted by Crippen LogP contribution is -2.13. The van der Waals surface area contributed by atoms with Crippen LogP contribution in [0.1, 0.15) is 16.7 Å². The van der Waals surface area contributed by atoms with Crippen molar-refractivity contribution in [1.82, 2.24) is 0 Å². The summed E-state index contributed by atoms with van der Waals surface area (Å²) in [5.74, 6) is 0. The number of hydrogen-bond donors (Lipinski definition) is 2. The van der Waals surface area contributed by atoms with Gasteiger partial charge in [-0.05, 0) is 60.1 Å². The van der Waals surface area contributed by atoms with Gasteiger partial charge in [0, 0.05) is 32.1 Å². The minimum atomic E-state index is -0.433. The van der Waals surface area contributed by atoms with Crippen LogP contribution in [0.25, 0.3) is 0 Å². The Balaban J connectivity index is 1.88. The molecule has 4 nitrogen and oxygen atoms in total. The van der Waals surface area contributed by atoms with E-state index in [1.54, 1.807) is 18.3 Å². The number of anilines is 2. The van der Waals surface area contributed by atoms with Crippen molar-refractivity contribution in [2.24, 2.45) is 0 Å². The molecule has 0 aliphatic carbocycles. The number of benzene rings is 1. The molecule has 0 spiro atoms. The first-order valence-electron chi connectivity index (χ1n) is 6.61. The molecule has 2 rings (SSSR count). The number of thiophene rings is 1. The van der Waals surface area contributed by atoms with Gasteiger partial charge in [-0.2, -0.15) is 0 Å². The van der Waals surface area contributed by atoms with Crippen molar-refractivity contribution in [2.75, 3.05) is 17.2 Å². The second kappa shape index (κ2) is 7.47. The molecule has 0 saturated carbocycles. The van der Waals surface area contributed by atoms with Gasteiger partial charge in [0.05, 0.1) is 6.61 Å². The summed E-state index contributed by atoms with van der Waals surface area (Å²) in [4.78, 5) is 13.8. The predicted molar refractivity (Wildman–Crippen MR) is 91.2 cm³/mol. The predicted octanol–water partition coefficient (Wildman–Crippen LogP) is 5.00. The van der Waals surface area contributed by atoms with E-state index < -0.39 is 6.09 Å². The highest BCUT2D eigenvalue weighted by atomic mass is 79.9. The Morgan fingerprint density at radius 3 is 2.52 bits per heavy atom. The summed E-state index contributed by atoms with van der Waals surface area (Å²) in [6.45, 7) is 5.01. The SMILES string of the molecule is CCOC(=O)Nc1ccc(NCc2cc(Br)c(C)s2)cc1. The highest BCUT2D eigenvalue weighted by molar-refractivity contribution is 9.10. The zero-order valence-electron chi connectivity index (χ0n) is 11.9. The maximum absolute atomic E-state index is 11.3. The van der Waals surface area contributed by atoms with Crippen molar-refractivity contribution in [1.29, 1.82) is 0 Å². The van der Waals surface area contributed by atoms with Crippen molar-refractivity contribution in [3.63, 3.8) is 0 Å². The van der Waals surface area contributed by atoms with Crippen molar-refractivity contribution in [2.45, 2.75) is 20.4 Å². The average molecular weight is 369 g/mol. The van der Waals surface area contributed by atoms with Gasteiger partial charge in [-0.25, -0.2) is 4.79 Å². The maximum Gasteiger partial charge on any atom is 0.411 e. The Kier molecular flexibility index (Phi) is 5.64. The molecule has 21 heavy (non-hydrogen) atoms. The molecule has 2 N–H and O–H groups in total. The third-order valence-corrected chi connectivity index (χ3v) is 4.92. The van der Waals surface area contributed by atoms with Crippen LogP contribution in [0.3, 0.4) is 0 Å². The fourth-order valence-corrected chi connectivity index (χ4v) is 3.29. The van der Waals surface area contributed by atoms with Gasteiger partial charge in [0.2, 0.25) is 0 Å². The zero-order valence-corrected chi connectivity index (χ0v) is 14.3. The van der Waals surface area contributed by atoms with Crippen molar-refractivity contribution in [3.05, 3.63) is 44.6 Å². The second-order valence-corrected chi connectivity index (χ2v) is 6.59. The number of ether oxygens (including phenoxy) is 1. The Morgan fingerprint density at radius 2 is 1.95 bits per heavy atom. The summed E-state index contributed by atoms with van der Waals surface area (Å²) in [5.41, 5.74) is 1.72. The molecule has 2 aromatic rings. The maximum atomic E-state index is 11.3. The number of rotatable bonds is 5. The molecule has 1 aromatic heterocycles. The van der Waals surface area contributed by atoms with Crippen molar-refractivity contribution < 1.29 is 9.53 Å². The van der Waals surface area contributed by atoms with Crippen LogP contribution in [0, 0.1) is 6.92 Å². The number of aryl methyl sites for hydroxylation is 1. The molecule has 1 aromatic carbocycles. The van der Waals surface area contributed by atoms with E-state index in [1.165, 1.54) is 9.75 Å². The quantitative estimate of drug-likeness (QED) is 0.780. The minimum absolute atomic E-state index is 0.362. The topological polar surface area (TPSA) is 50.4 Å². The highest BCUT2D eigenvalue weighted by Gasteiger charge is 2.04. The number of amides is 1. The molecule has 112 valence electrons. The molecular formula is C15H17BrN2O2S. The second-order valence-electron chi connectivity index (χ2n) is 4.39. The first kappa shape index (κ1) is 15.9. The lowest BCUT2D eigenvalue weighted by atomic mass is 10.3. The van der Waals surface area contributed by atoms with Crippen LogP contribution in [-0.4, -0.2) is 12.7 Å². The van der Waals surface area contributed by atoms with Gasteiger partial charge in [0.15, 0.2) is 0 Å². The van der Waals surface area contributed by atoms with Gasteiger partial charge in [0.25, 0.3) is 0 Å². The number of halogens is 1. The molecule has 0 atom stereocenters. The van der Waals surface area contributed by atoms with Gasteiger partial charge in [-0.15, -0.1) is 11.3 Å². The minimum Gasteiger partial charge on any atom is -0.450 e. The van der Waals surface area contributed by atoms with Crippen LogP contribution >= 0.6 is 27.3 Å². The van der Waals surface area contributed by atoms with Crippen LogP contribution in [0.5, 0.6) is 0 Å². The summed E-state index contributed by atoms with van der Waals surface area (Å²) in [6.07, 6.45) is -0.433. The van der Waals surface area contributed by atoms with Crippen molar-refractivity contribution in [3.8, 4) is 0 Å². The molecule has 1 heterocycles. The number of carbonyl (C=O) groups excluding carboxylic acids is 1. The average Bonchev–Trinajstić information content (AvgIpc) is 2.77. The van der Waals surface area contributed by atoms with E-state index in [1.807, 2.05) is 24.3 Å². The van der Waals surface area contributed by atoms with E-state index in [0.29, 0.717) is 12.3 Å². The third kappa shape index (κ3) is 4.75. The molecule has 0 fully saturated rings. The number of hydrogen-bond acceptors (Lipinski definition) is 4. The molecule has 0 unspecified atom stereocenters. The molecule has 0 aliphatic rings. The third-order valence-electron chi connectivity index (χ3n) is 2.78. The van der Waals surface area contributed by atoms with E-state index in [4.69, 9.17) is 4.74 Å². The summed E-state index contributed by atoms with van der Waals surface area (Å²) >= 11 is 5.29. The van der Waals surface area contributed by atoms with E-state index in [-0.39, 0.29) is 0 Å². The zero-order chi connectivity index (χ0) is 15.2. The van der Waals surface area contributed by atoms with Crippen LogP contribution in [0.4, 0.5) is 16.2 Å². The molecule has 0 bridgehead atoms. The van der Waals surface area contributed by atoms with Crippen LogP contribution < -0.4 is 10.6 Å². The first-order chi connectivity index (χ1) is 10.1. The summed E-state index contributed by atoms with van der Waals surface area (Å²) in [6, 6.07) is 9.67. The van der Waals surface area contributed by atoms with Gasteiger partial charge >= 0.3 is 6.09 Å². The first-order valence-corrected chi connectivity index (χ1v) is 8.22. The van der Waals surface area contributed by atoms with Gasteiger partial charge < -0.3 is 10.1 Å². The van der Waals surface area contributed by atoms with E-state index in [2.05, 4.69) is 39.6 Å². The molecule has 1 amide bonds. The normalized spacial score (nSPS) is 10.2. The number of carbonyl (C=O) groups is 1. The smallest absolute Gasteiger partial charge is 0.411 e. The van der Waals surface area contributed by atoms with Gasteiger partial charge in [0.1, 0.15) is 0 Å². The number of nitrogens with one attached hydrogen (secondary N) is 2. The fraction of sp³-hybridized carbons (Fsp3) is 0.267. The van der Waals surface area contributed by atoms with Crippen LogP contribution in [-0.2, 0) is 11.3 Å². The summed E-state index contributed by atoms with van der Waals surface area (Å²) in [5, 5.41) is 6.01. The Bertz CT molecular complexity index is 591. The molecule has 6 heteroatoms. The van der Waals surface area contributed by atoms with E-state index in [9.17, 15) is 4.79 Å². The molecule has 0 saturated heterocycles. The Labute approximate surface area is 136 Å². The van der Waals surface area contributed by atoms with Gasteiger partial charge in [-0.3, -0.25) is 5.32 Å². The Hall–Kier alpha value is -1.53. The Morgan fingerprint density at radius 1 is 1.29 bits per heavy atom. The lowest BCUT2D eigenvalue weighted by molar-refractivity contribution is 0.168. The lowest BCUT2D eigenvalue weighted by Gasteiger charge is -2.08. The van der Waals surface area contributed by atoms with E-state index in [0.717, 1.165) is 16.7 Å².